The van der Waals surface area contributed by atoms with Gasteiger partial charge in [-0.15, -0.1) is 12.4 Å². The molecule has 0 saturated carbocycles. The summed E-state index contributed by atoms with van der Waals surface area (Å²) in [6.45, 7) is -4.40. The molecule has 1 aromatic heterocycles. The molecular weight excluding hydrogens is 349 g/mol. The van der Waals surface area contributed by atoms with E-state index in [0.717, 1.165) is 6.07 Å². The van der Waals surface area contributed by atoms with Crippen LogP contribution in [-0.2, 0) is 6.54 Å². The third-order valence-corrected chi connectivity index (χ3v) is 2.28. The summed E-state index contributed by atoms with van der Waals surface area (Å²) in [6, 6.07) is 0.736. The van der Waals surface area contributed by atoms with E-state index in [-0.39, 0.29) is 18.1 Å². The molecule has 0 aliphatic heterocycles. The summed E-state index contributed by atoms with van der Waals surface area (Å²) in [5, 5.41) is 10.4. The lowest BCUT2D eigenvalue weighted by atomic mass is 10.2. The van der Waals surface area contributed by atoms with Crippen molar-refractivity contribution in [3.8, 4) is 5.88 Å². The van der Waals surface area contributed by atoms with E-state index in [9.17, 15) is 30.7 Å². The largest absolute Gasteiger partial charge is 0.453 e. The molecule has 1 rings (SSSR count). The maximum atomic E-state index is 12.8. The van der Waals surface area contributed by atoms with Gasteiger partial charge in [0.2, 0.25) is 5.88 Å². The zero-order valence-corrected chi connectivity index (χ0v) is 11.3. The van der Waals surface area contributed by atoms with Gasteiger partial charge in [0.1, 0.15) is 11.5 Å². The van der Waals surface area contributed by atoms with E-state index in [1.807, 2.05) is 0 Å². The van der Waals surface area contributed by atoms with Crippen molar-refractivity contribution in [1.82, 2.24) is 9.78 Å². The number of alkyl halides is 7. The molecule has 0 saturated heterocycles. The Balaban J connectivity index is 0.00000441. The normalized spacial score (nSPS) is 12.2. The molecule has 0 aromatic carbocycles. The molecule has 0 atom stereocenters. The Labute approximate surface area is 125 Å². The summed E-state index contributed by atoms with van der Waals surface area (Å²) in [5.41, 5.74) is 4.63. The summed E-state index contributed by atoms with van der Waals surface area (Å²) in [4.78, 5) is 0. The van der Waals surface area contributed by atoms with Gasteiger partial charge in [0.25, 0.3) is 0 Å². The molecule has 0 fully saturated rings. The van der Waals surface area contributed by atoms with Gasteiger partial charge in [0.05, 0.1) is 6.54 Å². The number of hydrogen-bond acceptors (Lipinski definition) is 3. The molecule has 5 nitrogen and oxygen atoms in total. The van der Waals surface area contributed by atoms with Crippen molar-refractivity contribution in [2.75, 3.05) is 0 Å². The number of ether oxygens (including phenoxy) is 1. The predicted octanol–water partition coefficient (Wildman–Crippen LogP) is 2.78. The molecule has 128 valence electrons. The summed E-state index contributed by atoms with van der Waals surface area (Å²) >= 11 is 0. The summed E-state index contributed by atoms with van der Waals surface area (Å²) in [5.74, 6) is -6.47. The van der Waals surface area contributed by atoms with Gasteiger partial charge in [-0.1, -0.05) is 0 Å². The van der Waals surface area contributed by atoms with Crippen molar-refractivity contribution in [1.29, 1.82) is 5.41 Å². The van der Waals surface area contributed by atoms with Gasteiger partial charge in [-0.25, -0.2) is 4.68 Å². The molecule has 0 bridgehead atoms. The predicted molar refractivity (Wildman–Crippen MR) is 62.7 cm³/mol. The zero-order chi connectivity index (χ0) is 16.4. The van der Waals surface area contributed by atoms with E-state index in [2.05, 4.69) is 9.84 Å². The fourth-order valence-electron chi connectivity index (χ4n) is 1.27. The van der Waals surface area contributed by atoms with Crippen LogP contribution in [0.25, 0.3) is 0 Å². The quantitative estimate of drug-likeness (QED) is 0.466. The Kier molecular flexibility index (Phi) is 6.48. The molecule has 0 radical (unpaired) electrons. The lowest BCUT2D eigenvalue weighted by Crippen LogP contribution is -2.37. The van der Waals surface area contributed by atoms with Gasteiger partial charge in [-0.2, -0.15) is 35.8 Å². The van der Waals surface area contributed by atoms with Gasteiger partial charge in [0, 0.05) is 12.5 Å². The van der Waals surface area contributed by atoms with E-state index in [1.54, 1.807) is 0 Å². The van der Waals surface area contributed by atoms with Crippen molar-refractivity contribution in [2.45, 2.75) is 31.7 Å². The first-order chi connectivity index (χ1) is 9.44. The van der Waals surface area contributed by atoms with Crippen LogP contribution in [0, 0.1) is 5.41 Å². The zero-order valence-electron chi connectivity index (χ0n) is 10.5. The number of aryl methyl sites for hydroxylation is 1. The first-order valence-electron chi connectivity index (χ1n) is 5.25. The molecule has 0 amide bonds. The van der Waals surface area contributed by atoms with E-state index < -0.39 is 43.4 Å². The topological polar surface area (TPSA) is 76.9 Å². The van der Waals surface area contributed by atoms with E-state index >= 15 is 0 Å². The Morgan fingerprint density at radius 1 is 1.32 bits per heavy atom. The van der Waals surface area contributed by atoms with Crippen LogP contribution in [-0.4, -0.2) is 34.3 Å². The maximum Gasteiger partial charge on any atom is 0.453 e. The highest BCUT2D eigenvalue weighted by Gasteiger charge is 2.56. The van der Waals surface area contributed by atoms with E-state index in [0.29, 0.717) is 4.68 Å². The number of halogens is 8. The minimum absolute atomic E-state index is 0. The molecule has 0 unspecified atom stereocenters. The fraction of sp³-hybridized carbons (Fsp3) is 0.556. The average molecular weight is 359 g/mol. The lowest BCUT2D eigenvalue weighted by Gasteiger charge is -2.19. The van der Waals surface area contributed by atoms with Crippen LogP contribution in [0.4, 0.5) is 30.7 Å². The Hall–Kier alpha value is -1.72. The molecule has 1 aromatic rings. The third-order valence-electron chi connectivity index (χ3n) is 2.28. The number of nitrogen functional groups attached to an aromatic ring is 1. The number of hydrogen-bond donors (Lipinski definition) is 2. The molecular formula is C9H10ClF7N4O. The van der Waals surface area contributed by atoms with Crippen molar-refractivity contribution in [3.63, 3.8) is 0 Å². The van der Waals surface area contributed by atoms with Crippen LogP contribution in [0.2, 0.25) is 0 Å². The van der Waals surface area contributed by atoms with Crippen LogP contribution in [0.1, 0.15) is 12.1 Å². The summed E-state index contributed by atoms with van der Waals surface area (Å²) in [7, 11) is 0. The van der Waals surface area contributed by atoms with Crippen molar-refractivity contribution in [2.24, 2.45) is 5.73 Å². The van der Waals surface area contributed by atoms with Gasteiger partial charge in [-0.05, 0) is 0 Å². The van der Waals surface area contributed by atoms with Crippen LogP contribution in [0.3, 0.4) is 0 Å². The smallest absolute Gasteiger partial charge is 0.417 e. The molecule has 13 heteroatoms. The van der Waals surface area contributed by atoms with E-state index in [1.165, 1.54) is 0 Å². The number of aromatic nitrogens is 2. The monoisotopic (exact) mass is 358 g/mol. The molecule has 0 aliphatic carbocycles. The number of rotatable bonds is 6. The number of nitrogens with one attached hydrogen (secondary N) is 1. The van der Waals surface area contributed by atoms with Crippen LogP contribution in [0.15, 0.2) is 6.07 Å². The van der Waals surface area contributed by atoms with Crippen molar-refractivity contribution < 1.29 is 35.5 Å². The molecule has 0 aliphatic rings. The Morgan fingerprint density at radius 3 is 2.27 bits per heavy atom. The highest BCUT2D eigenvalue weighted by molar-refractivity contribution is 5.93. The molecule has 1 heterocycles. The minimum atomic E-state index is -5.77. The minimum Gasteiger partial charge on any atom is -0.417 e. The first-order valence-corrected chi connectivity index (χ1v) is 5.25. The molecule has 3 N–H and O–H groups in total. The fourth-order valence-corrected chi connectivity index (χ4v) is 1.27. The first kappa shape index (κ1) is 20.3. The van der Waals surface area contributed by atoms with Gasteiger partial charge < -0.3 is 10.5 Å². The SMILES string of the molecule is Cl.N=C(N)c1cc(OC(F)F)n(CCC(F)(F)C(F)(F)F)n1. The maximum absolute atomic E-state index is 12.8. The summed E-state index contributed by atoms with van der Waals surface area (Å²) in [6.07, 6.45) is -7.50. The number of nitrogens with two attached hydrogens (primary N) is 1. The van der Waals surface area contributed by atoms with Crippen LogP contribution in [0.5, 0.6) is 5.88 Å². The second-order valence-corrected chi connectivity index (χ2v) is 3.84. The Bertz CT molecular complexity index is 517. The molecule has 22 heavy (non-hydrogen) atoms. The van der Waals surface area contributed by atoms with Crippen LogP contribution < -0.4 is 10.5 Å². The lowest BCUT2D eigenvalue weighted by molar-refractivity contribution is -0.285. The van der Waals surface area contributed by atoms with Crippen LogP contribution >= 0.6 is 12.4 Å². The Morgan fingerprint density at radius 2 is 1.86 bits per heavy atom. The van der Waals surface area contributed by atoms with Gasteiger partial charge in [-0.3, -0.25) is 5.41 Å². The van der Waals surface area contributed by atoms with Gasteiger partial charge in [0.15, 0.2) is 0 Å². The van der Waals surface area contributed by atoms with E-state index in [4.69, 9.17) is 11.1 Å². The number of nitrogens with zero attached hydrogens (tertiary/aromatic N) is 2. The second kappa shape index (κ2) is 7.03. The molecule has 0 spiro atoms. The van der Waals surface area contributed by atoms with Crippen molar-refractivity contribution in [3.05, 3.63) is 11.8 Å². The standard InChI is InChI=1S/C9H9F7N4O.ClH/c10-7(11)21-5-3-4(6(17)18)19-20(5)2-1-8(12,13)9(14,15)16;/h3,7H,1-2H2,(H3,17,18);1H. The third kappa shape index (κ3) is 4.93. The van der Waals surface area contributed by atoms with Gasteiger partial charge >= 0.3 is 18.7 Å². The average Bonchev–Trinajstić information content (AvgIpc) is 2.67. The highest BCUT2D eigenvalue weighted by atomic mass is 35.5. The highest BCUT2D eigenvalue weighted by Crippen LogP contribution is 2.38. The number of amidine groups is 1. The summed E-state index contributed by atoms with van der Waals surface area (Å²) < 4.78 is 90.0. The second-order valence-electron chi connectivity index (χ2n) is 3.84. The van der Waals surface area contributed by atoms with Crippen molar-refractivity contribution >= 4 is 18.2 Å².